The van der Waals surface area contributed by atoms with Gasteiger partial charge in [0.15, 0.2) is 0 Å². The fourth-order valence-corrected chi connectivity index (χ4v) is 5.27. The topological polar surface area (TPSA) is 108 Å². The van der Waals surface area contributed by atoms with Crippen LogP contribution in [0.15, 0.2) is 41.1 Å². The van der Waals surface area contributed by atoms with Crippen molar-refractivity contribution < 1.29 is 24.3 Å². The van der Waals surface area contributed by atoms with Gasteiger partial charge in [-0.15, -0.1) is 0 Å². The number of ether oxygens (including phenoxy) is 1. The quantitative estimate of drug-likeness (QED) is 0.739. The molecule has 0 saturated carbocycles. The van der Waals surface area contributed by atoms with E-state index in [1.807, 2.05) is 24.3 Å². The number of benzene rings is 1. The summed E-state index contributed by atoms with van der Waals surface area (Å²) in [5.74, 6) is 0.0937. The molecule has 28 heavy (non-hydrogen) atoms. The van der Waals surface area contributed by atoms with Crippen LogP contribution in [0.4, 0.5) is 10.5 Å². The number of nitrogens with one attached hydrogen (secondary N) is 1. The molecule has 4 atom stereocenters. The van der Waals surface area contributed by atoms with Gasteiger partial charge in [-0.25, -0.2) is 4.79 Å². The van der Waals surface area contributed by atoms with Crippen LogP contribution in [-0.4, -0.2) is 63.8 Å². The number of likely N-dealkylation sites (tertiary alicyclic amines) is 1. The van der Waals surface area contributed by atoms with Crippen molar-refractivity contribution in [2.24, 2.45) is 11.8 Å². The van der Waals surface area contributed by atoms with Gasteiger partial charge >= 0.3 is 6.03 Å². The lowest BCUT2D eigenvalue weighted by molar-refractivity contribution is -0.111. The van der Waals surface area contributed by atoms with Gasteiger partial charge < -0.3 is 29.7 Å². The first-order valence-corrected chi connectivity index (χ1v) is 9.58. The number of nitrogens with zero attached hydrogens (tertiary/aromatic N) is 2. The lowest BCUT2D eigenvalue weighted by atomic mass is 9.68. The first-order valence-electron chi connectivity index (χ1n) is 9.58. The summed E-state index contributed by atoms with van der Waals surface area (Å²) in [4.78, 5) is 14.6. The van der Waals surface area contributed by atoms with Crippen LogP contribution in [0.25, 0.3) is 11.3 Å². The van der Waals surface area contributed by atoms with E-state index in [-0.39, 0.29) is 31.1 Å². The van der Waals surface area contributed by atoms with E-state index in [0.29, 0.717) is 24.5 Å². The largest absolute Gasteiger partial charge is 0.393 e. The van der Waals surface area contributed by atoms with Gasteiger partial charge in [0.25, 0.3) is 0 Å². The van der Waals surface area contributed by atoms with Crippen molar-refractivity contribution in [1.29, 1.82) is 0 Å². The smallest absolute Gasteiger partial charge is 0.321 e. The molecule has 1 aromatic heterocycles. The summed E-state index contributed by atoms with van der Waals surface area (Å²) in [6.07, 6.45) is 2.95. The van der Waals surface area contributed by atoms with Gasteiger partial charge in [0, 0.05) is 42.2 Å². The van der Waals surface area contributed by atoms with Gasteiger partial charge in [-0.05, 0) is 25.0 Å². The maximum Gasteiger partial charge on any atom is 0.321 e. The van der Waals surface area contributed by atoms with Gasteiger partial charge in [0.2, 0.25) is 0 Å². The second-order valence-corrected chi connectivity index (χ2v) is 8.06. The van der Waals surface area contributed by atoms with Gasteiger partial charge in [-0.1, -0.05) is 17.3 Å². The summed E-state index contributed by atoms with van der Waals surface area (Å²) < 4.78 is 11.0. The predicted octanol–water partition coefficient (Wildman–Crippen LogP) is 1.71. The Hall–Kier alpha value is -2.42. The number of rotatable bonds is 4. The van der Waals surface area contributed by atoms with Crippen molar-refractivity contribution in [3.63, 3.8) is 0 Å². The fourth-order valence-electron chi connectivity index (χ4n) is 5.27. The first kappa shape index (κ1) is 17.7. The molecule has 4 unspecified atom stereocenters. The van der Waals surface area contributed by atoms with Crippen LogP contribution in [0.5, 0.6) is 0 Å². The molecule has 8 heteroatoms. The average molecular weight is 385 g/mol. The van der Waals surface area contributed by atoms with Crippen LogP contribution in [0.1, 0.15) is 12.8 Å². The molecule has 8 nitrogen and oxygen atoms in total. The SMILES string of the molecule is O=C(Nc1cccc(-c2ccon2)c1)N1CC2C(C1)C1(CO)CCC2(CO)O1. The number of amides is 2. The number of aliphatic hydroxyl groups excluding tert-OH is 2. The predicted molar refractivity (Wildman–Crippen MR) is 99.5 cm³/mol. The monoisotopic (exact) mass is 385 g/mol. The molecule has 0 aliphatic carbocycles. The average Bonchev–Trinajstić information content (AvgIpc) is 3.49. The lowest BCUT2D eigenvalue weighted by Crippen LogP contribution is -2.43. The second kappa shape index (κ2) is 6.30. The number of carbonyl (C=O) groups is 1. The van der Waals surface area contributed by atoms with E-state index < -0.39 is 11.2 Å². The molecule has 5 rings (SSSR count). The van der Waals surface area contributed by atoms with Crippen LogP contribution >= 0.6 is 0 Å². The summed E-state index contributed by atoms with van der Waals surface area (Å²) >= 11 is 0. The van der Waals surface area contributed by atoms with Gasteiger partial charge in [-0.3, -0.25) is 0 Å². The minimum atomic E-state index is -0.630. The Balaban J connectivity index is 1.32. The molecule has 2 aromatic rings. The maximum atomic E-state index is 12.9. The van der Waals surface area contributed by atoms with E-state index in [9.17, 15) is 15.0 Å². The Kier molecular flexibility index (Phi) is 3.97. The van der Waals surface area contributed by atoms with Gasteiger partial charge in [0.1, 0.15) is 12.0 Å². The van der Waals surface area contributed by atoms with E-state index in [0.717, 1.165) is 18.4 Å². The number of aliphatic hydroxyl groups is 2. The van der Waals surface area contributed by atoms with E-state index in [2.05, 4.69) is 10.5 Å². The number of carbonyl (C=O) groups excluding carboxylic acids is 1. The highest BCUT2D eigenvalue weighted by Gasteiger charge is 2.69. The molecule has 3 fully saturated rings. The molecule has 2 bridgehead atoms. The number of urea groups is 1. The molecule has 0 spiro atoms. The zero-order valence-electron chi connectivity index (χ0n) is 15.4. The minimum absolute atomic E-state index is 0.0469. The minimum Gasteiger partial charge on any atom is -0.393 e. The molecule has 3 aliphatic rings. The maximum absolute atomic E-state index is 12.9. The van der Waals surface area contributed by atoms with Crippen molar-refractivity contribution in [3.05, 3.63) is 36.6 Å². The van der Waals surface area contributed by atoms with Gasteiger partial charge in [0.05, 0.1) is 24.4 Å². The van der Waals surface area contributed by atoms with Crippen molar-refractivity contribution in [1.82, 2.24) is 10.1 Å². The summed E-state index contributed by atoms with van der Waals surface area (Å²) in [6.45, 7) is 0.875. The Labute approximate surface area is 162 Å². The van der Waals surface area contributed by atoms with Crippen LogP contribution in [0.2, 0.25) is 0 Å². The van der Waals surface area contributed by atoms with Gasteiger partial charge in [-0.2, -0.15) is 0 Å². The zero-order chi connectivity index (χ0) is 19.4. The van der Waals surface area contributed by atoms with E-state index in [1.165, 1.54) is 6.26 Å². The summed E-state index contributed by atoms with van der Waals surface area (Å²) in [5, 5.41) is 26.8. The first-order chi connectivity index (χ1) is 13.6. The van der Waals surface area contributed by atoms with Crippen LogP contribution in [0, 0.1) is 11.8 Å². The molecular formula is C20H23N3O5. The zero-order valence-corrected chi connectivity index (χ0v) is 15.4. The Bertz CT molecular complexity index is 862. The van der Waals surface area contributed by atoms with Crippen molar-refractivity contribution in [2.75, 3.05) is 31.6 Å². The number of aromatic nitrogens is 1. The normalized spacial score (nSPS) is 33.3. The Morgan fingerprint density at radius 2 is 1.89 bits per heavy atom. The van der Waals surface area contributed by atoms with Crippen molar-refractivity contribution in [2.45, 2.75) is 24.0 Å². The van der Waals surface area contributed by atoms with Crippen LogP contribution in [0.3, 0.4) is 0 Å². The Morgan fingerprint density at radius 3 is 2.50 bits per heavy atom. The molecule has 1 aromatic carbocycles. The Morgan fingerprint density at radius 1 is 1.18 bits per heavy atom. The molecule has 3 N–H and O–H groups in total. The molecule has 3 saturated heterocycles. The summed E-state index contributed by atoms with van der Waals surface area (Å²) in [6, 6.07) is 9.01. The lowest BCUT2D eigenvalue weighted by Gasteiger charge is -2.31. The third-order valence-electron chi connectivity index (χ3n) is 6.72. The van der Waals surface area contributed by atoms with Crippen LogP contribution < -0.4 is 5.32 Å². The molecule has 2 amide bonds. The highest BCUT2D eigenvalue weighted by Crippen LogP contribution is 2.59. The molecule has 3 aliphatic heterocycles. The second-order valence-electron chi connectivity index (χ2n) is 8.06. The number of anilines is 1. The van der Waals surface area contributed by atoms with E-state index >= 15 is 0 Å². The van der Waals surface area contributed by atoms with Crippen LogP contribution in [-0.2, 0) is 4.74 Å². The fraction of sp³-hybridized carbons (Fsp3) is 0.500. The summed E-state index contributed by atoms with van der Waals surface area (Å²) in [5.41, 5.74) is 0.977. The molecule has 148 valence electrons. The van der Waals surface area contributed by atoms with Crippen molar-refractivity contribution in [3.8, 4) is 11.3 Å². The third-order valence-corrected chi connectivity index (χ3v) is 6.72. The third kappa shape index (κ3) is 2.48. The molecule has 0 radical (unpaired) electrons. The number of hydrogen-bond acceptors (Lipinski definition) is 6. The number of hydrogen-bond donors (Lipinski definition) is 3. The molecule has 4 heterocycles. The van der Waals surface area contributed by atoms with Crippen molar-refractivity contribution >= 4 is 11.7 Å². The van der Waals surface area contributed by atoms with E-state index in [1.54, 1.807) is 11.0 Å². The summed E-state index contributed by atoms with van der Waals surface area (Å²) in [7, 11) is 0. The van der Waals surface area contributed by atoms with E-state index in [4.69, 9.17) is 9.26 Å². The molecular weight excluding hydrogens is 362 g/mol. The number of fused-ring (bicyclic) bond motifs is 5. The highest BCUT2D eigenvalue weighted by atomic mass is 16.6. The standard InChI is InChI=1S/C20H23N3O5/c24-11-19-5-6-20(12-25,28-19)16-10-23(9-15(16)19)18(26)21-14-3-1-2-13(8-14)17-4-7-27-22-17/h1-4,7-8,15-16,24-25H,5-6,9-12H2,(H,21,26). The highest BCUT2D eigenvalue weighted by molar-refractivity contribution is 5.90.